The Morgan fingerprint density at radius 3 is 2.50 bits per heavy atom. The zero-order chi connectivity index (χ0) is 10.6. The van der Waals surface area contributed by atoms with Gasteiger partial charge in [-0.2, -0.15) is 0 Å². The molecule has 0 unspecified atom stereocenters. The first-order valence-corrected chi connectivity index (χ1v) is 5.67. The second-order valence-corrected chi connectivity index (χ2v) is 4.68. The van der Waals surface area contributed by atoms with Gasteiger partial charge in [-0.05, 0) is 53.6 Å². The standard InChI is InChI=1S/C11H14INO/c1-8(13-9(2)14)7-10-3-5-11(12)6-4-10/h3-6,8H,7H2,1-2H3,(H,13,14)/t8-/m1/s1. The second-order valence-electron chi connectivity index (χ2n) is 3.43. The summed E-state index contributed by atoms with van der Waals surface area (Å²) in [6.07, 6.45) is 0.885. The van der Waals surface area contributed by atoms with Crippen LogP contribution in [-0.2, 0) is 11.2 Å². The molecule has 1 N–H and O–H groups in total. The highest BCUT2D eigenvalue weighted by molar-refractivity contribution is 14.1. The normalized spacial score (nSPS) is 12.2. The van der Waals surface area contributed by atoms with Crippen LogP contribution in [0.15, 0.2) is 24.3 Å². The van der Waals surface area contributed by atoms with Crippen LogP contribution in [0.25, 0.3) is 0 Å². The lowest BCUT2D eigenvalue weighted by molar-refractivity contribution is -0.119. The number of halogens is 1. The Morgan fingerprint density at radius 1 is 1.43 bits per heavy atom. The van der Waals surface area contributed by atoms with Gasteiger partial charge in [0, 0.05) is 16.5 Å². The zero-order valence-electron chi connectivity index (χ0n) is 8.38. The predicted octanol–water partition coefficient (Wildman–Crippen LogP) is 2.36. The summed E-state index contributed by atoms with van der Waals surface area (Å²) in [6.45, 7) is 3.56. The summed E-state index contributed by atoms with van der Waals surface area (Å²) < 4.78 is 1.23. The van der Waals surface area contributed by atoms with Crippen LogP contribution in [0.1, 0.15) is 19.4 Å². The Morgan fingerprint density at radius 2 is 2.00 bits per heavy atom. The predicted molar refractivity (Wildman–Crippen MR) is 66.1 cm³/mol. The Bertz CT molecular complexity index is 308. The summed E-state index contributed by atoms with van der Waals surface area (Å²) in [5, 5.41) is 2.87. The summed E-state index contributed by atoms with van der Waals surface area (Å²) in [5.41, 5.74) is 1.26. The van der Waals surface area contributed by atoms with Gasteiger partial charge in [0.2, 0.25) is 5.91 Å². The number of benzene rings is 1. The molecular formula is C11H14INO. The SMILES string of the molecule is CC(=O)N[C@H](C)Cc1ccc(I)cc1. The van der Waals surface area contributed by atoms with Crippen LogP contribution < -0.4 is 5.32 Å². The molecule has 0 aliphatic rings. The molecule has 3 heteroatoms. The number of rotatable bonds is 3. The highest BCUT2D eigenvalue weighted by Gasteiger charge is 2.03. The summed E-state index contributed by atoms with van der Waals surface area (Å²) in [6, 6.07) is 8.56. The van der Waals surface area contributed by atoms with Crippen molar-refractivity contribution in [3.05, 3.63) is 33.4 Å². The third-order valence-corrected chi connectivity index (χ3v) is 2.62. The van der Waals surface area contributed by atoms with Gasteiger partial charge in [0.05, 0.1) is 0 Å². The van der Waals surface area contributed by atoms with Crippen molar-refractivity contribution in [1.29, 1.82) is 0 Å². The minimum Gasteiger partial charge on any atom is -0.354 e. The van der Waals surface area contributed by atoms with E-state index in [0.29, 0.717) is 0 Å². The topological polar surface area (TPSA) is 29.1 Å². The molecule has 0 aliphatic carbocycles. The van der Waals surface area contributed by atoms with Crippen LogP contribution in [0.2, 0.25) is 0 Å². The van der Waals surface area contributed by atoms with E-state index in [1.807, 2.05) is 6.92 Å². The molecule has 1 amide bonds. The fourth-order valence-electron chi connectivity index (χ4n) is 1.37. The summed E-state index contributed by atoms with van der Waals surface area (Å²) >= 11 is 2.28. The van der Waals surface area contributed by atoms with E-state index in [0.717, 1.165) is 6.42 Å². The quantitative estimate of drug-likeness (QED) is 0.853. The van der Waals surface area contributed by atoms with Gasteiger partial charge >= 0.3 is 0 Å². The summed E-state index contributed by atoms with van der Waals surface area (Å²) in [4.78, 5) is 10.8. The maximum absolute atomic E-state index is 10.8. The van der Waals surface area contributed by atoms with Crippen molar-refractivity contribution in [3.8, 4) is 0 Å². The lowest BCUT2D eigenvalue weighted by atomic mass is 10.1. The lowest BCUT2D eigenvalue weighted by Crippen LogP contribution is -2.31. The summed E-state index contributed by atoms with van der Waals surface area (Å²) in [5.74, 6) is 0.0306. The molecule has 0 fully saturated rings. The van der Waals surface area contributed by atoms with Crippen LogP contribution in [0.5, 0.6) is 0 Å². The van der Waals surface area contributed by atoms with Gasteiger partial charge in [-0.1, -0.05) is 12.1 Å². The number of carbonyl (C=O) groups is 1. The third-order valence-electron chi connectivity index (χ3n) is 1.90. The first-order valence-electron chi connectivity index (χ1n) is 4.59. The van der Waals surface area contributed by atoms with Gasteiger partial charge in [-0.15, -0.1) is 0 Å². The van der Waals surface area contributed by atoms with E-state index < -0.39 is 0 Å². The lowest BCUT2D eigenvalue weighted by Gasteiger charge is -2.12. The molecule has 2 nitrogen and oxygen atoms in total. The molecule has 1 aromatic rings. The maximum Gasteiger partial charge on any atom is 0.217 e. The molecule has 0 bridgehead atoms. The van der Waals surface area contributed by atoms with Crippen molar-refractivity contribution < 1.29 is 4.79 Å². The van der Waals surface area contributed by atoms with Crippen LogP contribution in [0.3, 0.4) is 0 Å². The second kappa shape index (κ2) is 5.34. The van der Waals surface area contributed by atoms with Crippen LogP contribution in [0, 0.1) is 3.57 Å². The van der Waals surface area contributed by atoms with Crippen LogP contribution in [-0.4, -0.2) is 11.9 Å². The molecular weight excluding hydrogens is 289 g/mol. The third kappa shape index (κ3) is 4.09. The molecule has 76 valence electrons. The van der Waals surface area contributed by atoms with Crippen molar-refractivity contribution in [2.45, 2.75) is 26.3 Å². The molecule has 0 spiro atoms. The minimum absolute atomic E-state index is 0.0306. The smallest absolute Gasteiger partial charge is 0.217 e. The first-order chi connectivity index (χ1) is 6.58. The molecule has 0 aromatic heterocycles. The molecule has 1 aromatic carbocycles. The Hall–Kier alpha value is -0.580. The largest absolute Gasteiger partial charge is 0.354 e. The highest BCUT2D eigenvalue weighted by atomic mass is 127. The molecule has 14 heavy (non-hydrogen) atoms. The fourth-order valence-corrected chi connectivity index (χ4v) is 1.73. The number of hydrogen-bond acceptors (Lipinski definition) is 1. The Balaban J connectivity index is 2.51. The maximum atomic E-state index is 10.8. The minimum atomic E-state index is 0.0306. The van der Waals surface area contributed by atoms with Crippen molar-refractivity contribution in [2.24, 2.45) is 0 Å². The fraction of sp³-hybridized carbons (Fsp3) is 0.364. The number of hydrogen-bond donors (Lipinski definition) is 1. The number of carbonyl (C=O) groups excluding carboxylic acids is 1. The Kier molecular flexibility index (Phi) is 4.38. The molecule has 0 saturated heterocycles. The molecule has 0 heterocycles. The molecule has 0 saturated carbocycles. The first kappa shape index (κ1) is 11.5. The van der Waals surface area contributed by atoms with Crippen molar-refractivity contribution >= 4 is 28.5 Å². The average Bonchev–Trinajstić information content (AvgIpc) is 2.07. The summed E-state index contributed by atoms with van der Waals surface area (Å²) in [7, 11) is 0. The van der Waals surface area contributed by atoms with Crippen molar-refractivity contribution in [3.63, 3.8) is 0 Å². The van der Waals surface area contributed by atoms with E-state index in [4.69, 9.17) is 0 Å². The molecule has 1 rings (SSSR count). The molecule has 0 radical (unpaired) electrons. The van der Waals surface area contributed by atoms with E-state index in [2.05, 4.69) is 52.2 Å². The van der Waals surface area contributed by atoms with Gasteiger partial charge < -0.3 is 5.32 Å². The van der Waals surface area contributed by atoms with Gasteiger partial charge in [-0.3, -0.25) is 4.79 Å². The number of nitrogens with one attached hydrogen (secondary N) is 1. The van der Waals surface area contributed by atoms with Crippen molar-refractivity contribution in [2.75, 3.05) is 0 Å². The van der Waals surface area contributed by atoms with Gasteiger partial charge in [0.25, 0.3) is 0 Å². The number of amides is 1. The van der Waals surface area contributed by atoms with Gasteiger partial charge in [-0.25, -0.2) is 0 Å². The van der Waals surface area contributed by atoms with E-state index in [-0.39, 0.29) is 11.9 Å². The van der Waals surface area contributed by atoms with E-state index in [1.165, 1.54) is 9.13 Å². The molecule has 0 aliphatic heterocycles. The monoisotopic (exact) mass is 303 g/mol. The van der Waals surface area contributed by atoms with Gasteiger partial charge in [0.1, 0.15) is 0 Å². The van der Waals surface area contributed by atoms with E-state index in [1.54, 1.807) is 6.92 Å². The van der Waals surface area contributed by atoms with Crippen molar-refractivity contribution in [1.82, 2.24) is 5.32 Å². The molecule has 1 atom stereocenters. The zero-order valence-corrected chi connectivity index (χ0v) is 10.5. The average molecular weight is 303 g/mol. The van der Waals surface area contributed by atoms with Crippen LogP contribution >= 0.6 is 22.6 Å². The van der Waals surface area contributed by atoms with E-state index >= 15 is 0 Å². The highest BCUT2D eigenvalue weighted by Crippen LogP contribution is 2.08. The van der Waals surface area contributed by atoms with Gasteiger partial charge in [0.15, 0.2) is 0 Å². The van der Waals surface area contributed by atoms with Crippen LogP contribution in [0.4, 0.5) is 0 Å². The van der Waals surface area contributed by atoms with E-state index in [9.17, 15) is 4.79 Å². The Labute approximate surface area is 98.2 Å².